The maximum absolute atomic E-state index is 13.3. The lowest BCUT2D eigenvalue weighted by Gasteiger charge is -2.25. The van der Waals surface area contributed by atoms with Crippen LogP contribution in [0.4, 0.5) is 0 Å². The summed E-state index contributed by atoms with van der Waals surface area (Å²) in [4.78, 5) is 34.9. The van der Waals surface area contributed by atoms with E-state index in [-0.39, 0.29) is 24.1 Å². The van der Waals surface area contributed by atoms with Gasteiger partial charge in [0.15, 0.2) is 0 Å². The van der Waals surface area contributed by atoms with E-state index >= 15 is 0 Å². The second-order valence-electron chi connectivity index (χ2n) is 7.73. The number of ether oxygens (including phenoxy) is 1. The van der Waals surface area contributed by atoms with Crippen molar-refractivity contribution in [3.8, 4) is 0 Å². The van der Waals surface area contributed by atoms with Gasteiger partial charge in [0, 0.05) is 18.7 Å². The lowest BCUT2D eigenvalue weighted by molar-refractivity contribution is 0.0501. The number of carbonyl (C=O) groups excluding carboxylic acids is 1. The molecule has 1 aliphatic rings. The van der Waals surface area contributed by atoms with Crippen LogP contribution in [0.3, 0.4) is 0 Å². The number of nitrogens with zero attached hydrogens (tertiary/aromatic N) is 2. The summed E-state index contributed by atoms with van der Waals surface area (Å²) in [6.07, 6.45) is 1.94. The van der Waals surface area contributed by atoms with Crippen molar-refractivity contribution < 1.29 is 9.53 Å². The van der Waals surface area contributed by atoms with Crippen LogP contribution in [-0.4, -0.2) is 40.0 Å². The third-order valence-corrected chi connectivity index (χ3v) is 5.21. The zero-order valence-electron chi connectivity index (χ0n) is 16.8. The summed E-state index contributed by atoms with van der Waals surface area (Å²) in [7, 11) is 0. The van der Waals surface area contributed by atoms with Crippen LogP contribution in [-0.2, 0) is 11.3 Å². The minimum atomic E-state index is -0.193. The van der Waals surface area contributed by atoms with E-state index in [0.29, 0.717) is 28.8 Å². The number of aryl methyl sites for hydroxylation is 2. The first kappa shape index (κ1) is 19.3. The SMILES string of the molecule is Cc1cc(C)cc(C(=O)N(Cc2nc3ccccc3c(=O)[nH]2)C[C@@H]2CCCO2)c1. The molecule has 2 aromatic carbocycles. The summed E-state index contributed by atoms with van der Waals surface area (Å²) in [6.45, 7) is 5.39. The molecule has 1 amide bonds. The van der Waals surface area contributed by atoms with Crippen LogP contribution in [0.1, 0.15) is 40.2 Å². The molecule has 1 N–H and O–H groups in total. The van der Waals surface area contributed by atoms with Crippen LogP contribution in [0, 0.1) is 13.8 Å². The van der Waals surface area contributed by atoms with E-state index in [1.807, 2.05) is 50.2 Å². The van der Waals surface area contributed by atoms with Crippen LogP contribution in [0.15, 0.2) is 47.3 Å². The van der Waals surface area contributed by atoms with Gasteiger partial charge in [-0.3, -0.25) is 9.59 Å². The van der Waals surface area contributed by atoms with Gasteiger partial charge in [0.1, 0.15) is 5.82 Å². The molecule has 1 fully saturated rings. The Bertz CT molecular complexity index is 1080. The third kappa shape index (κ3) is 4.38. The fraction of sp³-hybridized carbons (Fsp3) is 0.348. The third-order valence-electron chi connectivity index (χ3n) is 5.21. The van der Waals surface area contributed by atoms with Gasteiger partial charge in [0.25, 0.3) is 11.5 Å². The fourth-order valence-corrected chi connectivity index (χ4v) is 3.92. The molecule has 0 saturated carbocycles. The maximum Gasteiger partial charge on any atom is 0.258 e. The van der Waals surface area contributed by atoms with E-state index in [1.165, 1.54) is 0 Å². The molecule has 4 rings (SSSR count). The van der Waals surface area contributed by atoms with Crippen molar-refractivity contribution in [2.75, 3.05) is 13.2 Å². The van der Waals surface area contributed by atoms with Gasteiger partial charge in [0.05, 0.1) is 23.6 Å². The van der Waals surface area contributed by atoms with Crippen LogP contribution >= 0.6 is 0 Å². The first-order chi connectivity index (χ1) is 14.0. The van der Waals surface area contributed by atoms with Gasteiger partial charge < -0.3 is 14.6 Å². The van der Waals surface area contributed by atoms with Crippen molar-refractivity contribution in [2.45, 2.75) is 39.3 Å². The Hall–Kier alpha value is -2.99. The number of benzene rings is 2. The van der Waals surface area contributed by atoms with Crippen molar-refractivity contribution in [3.63, 3.8) is 0 Å². The summed E-state index contributed by atoms with van der Waals surface area (Å²) in [5.41, 5.74) is 3.16. The number of H-pyrrole nitrogens is 1. The largest absolute Gasteiger partial charge is 0.376 e. The fourth-order valence-electron chi connectivity index (χ4n) is 3.92. The number of rotatable bonds is 5. The minimum absolute atomic E-state index is 0.0111. The lowest BCUT2D eigenvalue weighted by Crippen LogP contribution is -2.38. The highest BCUT2D eigenvalue weighted by Crippen LogP contribution is 2.18. The molecule has 1 saturated heterocycles. The molecule has 1 atom stereocenters. The summed E-state index contributed by atoms with van der Waals surface area (Å²) in [5, 5.41) is 0.544. The Labute approximate surface area is 169 Å². The molecule has 3 aromatic rings. The Morgan fingerprint density at radius 3 is 2.69 bits per heavy atom. The number of amides is 1. The molecule has 0 spiro atoms. The molecule has 1 aromatic heterocycles. The summed E-state index contributed by atoms with van der Waals surface area (Å²) < 4.78 is 5.76. The van der Waals surface area contributed by atoms with Crippen LogP contribution in [0.25, 0.3) is 10.9 Å². The zero-order valence-corrected chi connectivity index (χ0v) is 16.8. The highest BCUT2D eigenvalue weighted by molar-refractivity contribution is 5.94. The summed E-state index contributed by atoms with van der Waals surface area (Å²) >= 11 is 0. The van der Waals surface area contributed by atoms with E-state index in [1.54, 1.807) is 11.0 Å². The Morgan fingerprint density at radius 2 is 1.97 bits per heavy atom. The Morgan fingerprint density at radius 1 is 1.21 bits per heavy atom. The van der Waals surface area contributed by atoms with Crippen molar-refractivity contribution in [2.24, 2.45) is 0 Å². The number of fused-ring (bicyclic) bond motifs is 1. The smallest absolute Gasteiger partial charge is 0.258 e. The average Bonchev–Trinajstić information content (AvgIpc) is 3.19. The predicted octanol–water partition coefficient (Wildman–Crippen LogP) is 3.36. The van der Waals surface area contributed by atoms with E-state index < -0.39 is 0 Å². The first-order valence-electron chi connectivity index (χ1n) is 9.97. The number of aromatic nitrogens is 2. The number of hydrogen-bond donors (Lipinski definition) is 1. The van der Waals surface area contributed by atoms with Crippen LogP contribution in [0.5, 0.6) is 0 Å². The highest BCUT2D eigenvalue weighted by atomic mass is 16.5. The Balaban J connectivity index is 1.66. The summed E-state index contributed by atoms with van der Waals surface area (Å²) in [5.74, 6) is 0.396. The molecule has 0 unspecified atom stereocenters. The maximum atomic E-state index is 13.3. The van der Waals surface area contributed by atoms with Gasteiger partial charge in [0.2, 0.25) is 0 Å². The van der Waals surface area contributed by atoms with Crippen LogP contribution in [0.2, 0.25) is 0 Å². The number of aromatic amines is 1. The molecule has 0 radical (unpaired) electrons. The second-order valence-corrected chi connectivity index (χ2v) is 7.73. The number of nitrogens with one attached hydrogen (secondary N) is 1. The average molecular weight is 391 g/mol. The Kier molecular flexibility index (Phi) is 5.45. The number of hydrogen-bond acceptors (Lipinski definition) is 4. The van der Waals surface area contributed by atoms with Gasteiger partial charge in [-0.15, -0.1) is 0 Å². The number of carbonyl (C=O) groups is 1. The van der Waals surface area contributed by atoms with E-state index in [0.717, 1.165) is 30.6 Å². The van der Waals surface area contributed by atoms with Crippen molar-refractivity contribution in [1.82, 2.24) is 14.9 Å². The minimum Gasteiger partial charge on any atom is -0.376 e. The van der Waals surface area contributed by atoms with E-state index in [9.17, 15) is 9.59 Å². The molecule has 150 valence electrons. The predicted molar refractivity (Wildman–Crippen MR) is 112 cm³/mol. The van der Waals surface area contributed by atoms with Gasteiger partial charge in [-0.25, -0.2) is 4.98 Å². The summed E-state index contributed by atoms with van der Waals surface area (Å²) in [6, 6.07) is 13.1. The monoisotopic (exact) mass is 391 g/mol. The first-order valence-corrected chi connectivity index (χ1v) is 9.97. The van der Waals surface area contributed by atoms with E-state index in [4.69, 9.17) is 4.74 Å². The van der Waals surface area contributed by atoms with Crippen molar-refractivity contribution in [1.29, 1.82) is 0 Å². The van der Waals surface area contributed by atoms with Gasteiger partial charge in [-0.2, -0.15) is 0 Å². The molecule has 0 aliphatic carbocycles. The molecule has 0 bridgehead atoms. The van der Waals surface area contributed by atoms with Crippen molar-refractivity contribution >= 4 is 16.8 Å². The zero-order chi connectivity index (χ0) is 20.4. The molecule has 29 heavy (non-hydrogen) atoms. The van der Waals surface area contributed by atoms with Gasteiger partial charge >= 0.3 is 0 Å². The van der Waals surface area contributed by atoms with E-state index in [2.05, 4.69) is 9.97 Å². The lowest BCUT2D eigenvalue weighted by atomic mass is 10.1. The normalized spacial score (nSPS) is 16.3. The topological polar surface area (TPSA) is 75.3 Å². The quantitative estimate of drug-likeness (QED) is 0.724. The molecule has 6 nitrogen and oxygen atoms in total. The highest BCUT2D eigenvalue weighted by Gasteiger charge is 2.24. The molecule has 6 heteroatoms. The van der Waals surface area contributed by atoms with Crippen molar-refractivity contribution in [3.05, 3.63) is 75.3 Å². The molecular weight excluding hydrogens is 366 g/mol. The van der Waals surface area contributed by atoms with Gasteiger partial charge in [-0.1, -0.05) is 29.3 Å². The molecular formula is C23H25N3O3. The molecule has 2 heterocycles. The van der Waals surface area contributed by atoms with Crippen LogP contribution < -0.4 is 5.56 Å². The molecule has 1 aliphatic heterocycles. The van der Waals surface area contributed by atoms with Gasteiger partial charge in [-0.05, 0) is 51.0 Å². The number of para-hydroxylation sites is 1. The standard InChI is InChI=1S/C23H25N3O3/c1-15-10-16(2)12-17(11-15)23(28)26(13-18-6-5-9-29-18)14-21-24-20-8-4-3-7-19(20)22(27)25-21/h3-4,7-8,10-12,18H,5-6,9,13-14H2,1-2H3,(H,24,25,27)/t18-/m0/s1. The second kappa shape index (κ2) is 8.17.